The second-order valence-corrected chi connectivity index (χ2v) is 10.5. The smallest absolute Gasteiger partial charge is 0.255 e. The Kier molecular flexibility index (Phi) is 8.39. The minimum Gasteiger partial charge on any atom is -0.376 e. The number of carbonyl (C=O) groups excluding carboxylic acids is 2. The molecule has 0 radical (unpaired) electrons. The third-order valence-corrected chi connectivity index (χ3v) is 7.65. The quantitative estimate of drug-likeness (QED) is 0.412. The number of nitrogens with one attached hydrogen (secondary N) is 2. The maximum atomic E-state index is 13.4. The summed E-state index contributed by atoms with van der Waals surface area (Å²) in [5, 5.41) is 6.05. The standard InChI is InChI=1S/C32H37N3O3/c1-23-9-11-26(12-10-23)31(36)34-27-13-14-30(29(21-27)32(37)33-22-28-8-5-19-38-28)35-17-15-25(16-18-35)20-24-6-3-2-4-7-24/h2-4,6-7,9-14,21,25,28H,5,8,15-20,22H2,1H3,(H,33,37)(H,34,36). The number of amides is 2. The third kappa shape index (κ3) is 6.62. The van der Waals surface area contributed by atoms with Gasteiger partial charge in [-0.1, -0.05) is 48.0 Å². The number of rotatable bonds is 8. The van der Waals surface area contributed by atoms with Gasteiger partial charge in [0.05, 0.1) is 11.7 Å². The van der Waals surface area contributed by atoms with E-state index in [9.17, 15) is 9.59 Å². The van der Waals surface area contributed by atoms with E-state index in [0.29, 0.717) is 29.3 Å². The van der Waals surface area contributed by atoms with Crippen molar-refractivity contribution in [1.82, 2.24) is 5.32 Å². The summed E-state index contributed by atoms with van der Waals surface area (Å²) in [6, 6.07) is 23.8. The number of piperidine rings is 1. The summed E-state index contributed by atoms with van der Waals surface area (Å²) in [7, 11) is 0. The fraction of sp³-hybridized carbons (Fsp3) is 0.375. The summed E-state index contributed by atoms with van der Waals surface area (Å²) in [5.74, 6) is 0.317. The molecule has 0 saturated carbocycles. The van der Waals surface area contributed by atoms with Crippen molar-refractivity contribution in [2.24, 2.45) is 5.92 Å². The van der Waals surface area contributed by atoms with Crippen molar-refractivity contribution >= 4 is 23.2 Å². The molecule has 3 aromatic carbocycles. The van der Waals surface area contributed by atoms with Crippen molar-refractivity contribution in [3.8, 4) is 0 Å². The topological polar surface area (TPSA) is 70.7 Å². The first-order valence-electron chi connectivity index (χ1n) is 13.8. The van der Waals surface area contributed by atoms with Crippen LogP contribution in [0.5, 0.6) is 0 Å². The first-order valence-corrected chi connectivity index (χ1v) is 13.8. The molecular formula is C32H37N3O3. The Hall–Kier alpha value is -3.64. The van der Waals surface area contributed by atoms with Crippen LogP contribution in [-0.4, -0.2) is 44.2 Å². The zero-order chi connectivity index (χ0) is 26.3. The molecule has 5 rings (SSSR count). The molecule has 2 saturated heterocycles. The predicted molar refractivity (Wildman–Crippen MR) is 152 cm³/mol. The van der Waals surface area contributed by atoms with Crippen LogP contribution in [0.15, 0.2) is 72.8 Å². The van der Waals surface area contributed by atoms with Gasteiger partial charge in [0.2, 0.25) is 0 Å². The van der Waals surface area contributed by atoms with Crippen LogP contribution in [0, 0.1) is 12.8 Å². The molecule has 2 amide bonds. The molecule has 2 heterocycles. The van der Waals surface area contributed by atoms with E-state index in [1.54, 1.807) is 0 Å². The summed E-state index contributed by atoms with van der Waals surface area (Å²) < 4.78 is 5.70. The van der Waals surface area contributed by atoms with Crippen LogP contribution in [0.25, 0.3) is 0 Å². The number of carbonyl (C=O) groups is 2. The molecular weight excluding hydrogens is 474 g/mol. The van der Waals surface area contributed by atoms with Crippen molar-refractivity contribution in [2.75, 3.05) is 36.5 Å². The number of nitrogens with zero attached hydrogens (tertiary/aromatic N) is 1. The minimum atomic E-state index is -0.190. The molecule has 1 atom stereocenters. The molecule has 2 fully saturated rings. The monoisotopic (exact) mass is 511 g/mol. The molecule has 2 N–H and O–H groups in total. The molecule has 1 unspecified atom stereocenters. The van der Waals surface area contributed by atoms with Gasteiger partial charge in [-0.05, 0) is 80.8 Å². The van der Waals surface area contributed by atoms with Gasteiger partial charge < -0.3 is 20.3 Å². The lowest BCUT2D eigenvalue weighted by molar-refractivity contribution is 0.0858. The zero-order valence-electron chi connectivity index (χ0n) is 22.1. The van der Waals surface area contributed by atoms with Gasteiger partial charge in [-0.15, -0.1) is 0 Å². The second-order valence-electron chi connectivity index (χ2n) is 10.5. The van der Waals surface area contributed by atoms with Gasteiger partial charge in [0.1, 0.15) is 0 Å². The number of hydrogen-bond acceptors (Lipinski definition) is 4. The summed E-state index contributed by atoms with van der Waals surface area (Å²) in [5.41, 5.74) is 5.19. The van der Waals surface area contributed by atoms with Crippen LogP contribution in [0.3, 0.4) is 0 Å². The van der Waals surface area contributed by atoms with Crippen molar-refractivity contribution in [2.45, 2.75) is 45.1 Å². The van der Waals surface area contributed by atoms with Crippen molar-refractivity contribution in [3.63, 3.8) is 0 Å². The first-order chi connectivity index (χ1) is 18.5. The summed E-state index contributed by atoms with van der Waals surface area (Å²) >= 11 is 0. The van der Waals surface area contributed by atoms with Gasteiger partial charge in [-0.2, -0.15) is 0 Å². The molecule has 3 aromatic rings. The third-order valence-electron chi connectivity index (χ3n) is 7.65. The van der Waals surface area contributed by atoms with E-state index >= 15 is 0 Å². The Labute approximate surface area is 225 Å². The maximum absolute atomic E-state index is 13.4. The highest BCUT2D eigenvalue weighted by Crippen LogP contribution is 2.30. The van der Waals surface area contributed by atoms with E-state index in [4.69, 9.17) is 4.74 Å². The number of hydrogen-bond donors (Lipinski definition) is 2. The zero-order valence-corrected chi connectivity index (χ0v) is 22.1. The van der Waals surface area contributed by atoms with Crippen LogP contribution >= 0.6 is 0 Å². The van der Waals surface area contributed by atoms with Gasteiger partial charge in [0.25, 0.3) is 11.8 Å². The van der Waals surface area contributed by atoms with E-state index < -0.39 is 0 Å². The molecule has 38 heavy (non-hydrogen) atoms. The highest BCUT2D eigenvalue weighted by molar-refractivity contribution is 6.06. The largest absolute Gasteiger partial charge is 0.376 e. The van der Waals surface area contributed by atoms with Crippen LogP contribution in [-0.2, 0) is 11.2 Å². The van der Waals surface area contributed by atoms with E-state index in [-0.39, 0.29) is 17.9 Å². The SMILES string of the molecule is Cc1ccc(C(=O)Nc2ccc(N3CCC(Cc4ccccc4)CC3)c(C(=O)NCC3CCCO3)c2)cc1. The minimum absolute atomic E-state index is 0.0700. The van der Waals surface area contributed by atoms with E-state index in [0.717, 1.165) is 63.1 Å². The van der Waals surface area contributed by atoms with Gasteiger partial charge in [-0.25, -0.2) is 0 Å². The second kappa shape index (κ2) is 12.3. The van der Waals surface area contributed by atoms with Gasteiger partial charge in [0.15, 0.2) is 0 Å². The fourth-order valence-electron chi connectivity index (χ4n) is 5.41. The van der Waals surface area contributed by atoms with Crippen molar-refractivity contribution in [3.05, 3.63) is 95.1 Å². The molecule has 0 aliphatic carbocycles. The average molecular weight is 512 g/mol. The van der Waals surface area contributed by atoms with E-state index in [2.05, 4.69) is 45.9 Å². The summed E-state index contributed by atoms with van der Waals surface area (Å²) in [6.45, 7) is 5.05. The summed E-state index contributed by atoms with van der Waals surface area (Å²) in [6.07, 6.45) is 5.32. The normalized spacial score (nSPS) is 17.8. The van der Waals surface area contributed by atoms with Gasteiger partial charge in [-0.3, -0.25) is 9.59 Å². The number of anilines is 2. The van der Waals surface area contributed by atoms with Crippen LogP contribution in [0.4, 0.5) is 11.4 Å². The molecule has 0 bridgehead atoms. The first kappa shape index (κ1) is 26.0. The molecule has 0 aromatic heterocycles. The lowest BCUT2D eigenvalue weighted by Crippen LogP contribution is -2.37. The Balaban J connectivity index is 1.30. The molecule has 6 heteroatoms. The highest BCUT2D eigenvalue weighted by atomic mass is 16.5. The van der Waals surface area contributed by atoms with Gasteiger partial charge >= 0.3 is 0 Å². The molecule has 6 nitrogen and oxygen atoms in total. The van der Waals surface area contributed by atoms with Crippen molar-refractivity contribution in [1.29, 1.82) is 0 Å². The Morgan fingerprint density at radius 2 is 1.68 bits per heavy atom. The molecule has 0 spiro atoms. The van der Waals surface area contributed by atoms with Crippen LogP contribution < -0.4 is 15.5 Å². The summed E-state index contributed by atoms with van der Waals surface area (Å²) in [4.78, 5) is 28.6. The predicted octanol–water partition coefficient (Wildman–Crippen LogP) is 5.62. The lowest BCUT2D eigenvalue weighted by Gasteiger charge is -2.35. The van der Waals surface area contributed by atoms with Crippen LogP contribution in [0.1, 0.15) is 57.5 Å². The Bertz CT molecular complexity index is 1230. The molecule has 198 valence electrons. The number of ether oxygens (including phenoxy) is 1. The fourth-order valence-corrected chi connectivity index (χ4v) is 5.41. The van der Waals surface area contributed by atoms with E-state index in [1.165, 1.54) is 5.56 Å². The maximum Gasteiger partial charge on any atom is 0.255 e. The molecule has 2 aliphatic heterocycles. The van der Waals surface area contributed by atoms with Crippen LogP contribution in [0.2, 0.25) is 0 Å². The average Bonchev–Trinajstić information content (AvgIpc) is 3.47. The van der Waals surface area contributed by atoms with E-state index in [1.807, 2.05) is 49.4 Å². The number of benzene rings is 3. The Morgan fingerprint density at radius 3 is 2.39 bits per heavy atom. The van der Waals surface area contributed by atoms with Crippen molar-refractivity contribution < 1.29 is 14.3 Å². The molecule has 2 aliphatic rings. The highest BCUT2D eigenvalue weighted by Gasteiger charge is 2.25. The lowest BCUT2D eigenvalue weighted by atomic mass is 9.89. The number of aryl methyl sites for hydroxylation is 1. The Morgan fingerprint density at radius 1 is 0.921 bits per heavy atom. The van der Waals surface area contributed by atoms with Gasteiger partial charge in [0, 0.05) is 43.2 Å².